The SMILES string of the molecule is CCOC(Cc1ccc(OCCN(CCCCOc2ccccc2)C(=O)Oc2ccccc2C)cc1)C(=O)O. The van der Waals surface area contributed by atoms with Crippen LogP contribution in [0.1, 0.15) is 30.9 Å². The number of carboxylic acid groups (broad SMARTS) is 1. The van der Waals surface area contributed by atoms with Crippen LogP contribution in [0.15, 0.2) is 78.9 Å². The van der Waals surface area contributed by atoms with Crippen molar-refractivity contribution >= 4 is 12.1 Å². The Labute approximate surface area is 230 Å². The first-order valence-corrected chi connectivity index (χ1v) is 13.2. The van der Waals surface area contributed by atoms with Gasteiger partial charge in [0.2, 0.25) is 0 Å². The summed E-state index contributed by atoms with van der Waals surface area (Å²) in [6.07, 6.45) is 0.491. The Morgan fingerprint density at radius 3 is 2.18 bits per heavy atom. The van der Waals surface area contributed by atoms with Crippen molar-refractivity contribution in [2.45, 2.75) is 39.2 Å². The van der Waals surface area contributed by atoms with E-state index in [1.165, 1.54) is 0 Å². The number of para-hydroxylation sites is 2. The number of amides is 1. The van der Waals surface area contributed by atoms with Crippen LogP contribution in [0.3, 0.4) is 0 Å². The van der Waals surface area contributed by atoms with Crippen molar-refractivity contribution in [2.24, 2.45) is 0 Å². The van der Waals surface area contributed by atoms with E-state index in [0.29, 0.717) is 37.8 Å². The minimum Gasteiger partial charge on any atom is -0.494 e. The third-order valence-electron chi connectivity index (χ3n) is 6.00. The highest BCUT2D eigenvalue weighted by Gasteiger charge is 2.19. The van der Waals surface area contributed by atoms with Gasteiger partial charge >= 0.3 is 12.1 Å². The Morgan fingerprint density at radius 1 is 0.821 bits per heavy atom. The summed E-state index contributed by atoms with van der Waals surface area (Å²) in [5.41, 5.74) is 1.72. The second kappa shape index (κ2) is 16.0. The topological polar surface area (TPSA) is 94.5 Å². The maximum Gasteiger partial charge on any atom is 0.415 e. The van der Waals surface area contributed by atoms with Crippen LogP contribution in [-0.4, -0.2) is 61.1 Å². The molecule has 1 atom stereocenters. The van der Waals surface area contributed by atoms with Crippen LogP contribution in [0.25, 0.3) is 0 Å². The lowest BCUT2D eigenvalue weighted by Gasteiger charge is -2.22. The molecule has 0 aromatic heterocycles. The molecule has 0 aliphatic heterocycles. The molecule has 39 heavy (non-hydrogen) atoms. The minimum atomic E-state index is -0.985. The van der Waals surface area contributed by atoms with Gasteiger partial charge in [0, 0.05) is 19.6 Å². The Balaban J connectivity index is 1.51. The highest BCUT2D eigenvalue weighted by molar-refractivity contribution is 5.72. The molecule has 3 rings (SSSR count). The molecule has 0 saturated heterocycles. The monoisotopic (exact) mass is 535 g/mol. The minimum absolute atomic E-state index is 0.274. The van der Waals surface area contributed by atoms with Crippen molar-refractivity contribution in [3.63, 3.8) is 0 Å². The van der Waals surface area contributed by atoms with Crippen molar-refractivity contribution in [1.82, 2.24) is 4.90 Å². The largest absolute Gasteiger partial charge is 0.494 e. The predicted octanol–water partition coefficient (Wildman–Crippen LogP) is 5.77. The van der Waals surface area contributed by atoms with E-state index in [9.17, 15) is 14.7 Å². The van der Waals surface area contributed by atoms with E-state index in [1.807, 2.05) is 67.6 Å². The Morgan fingerprint density at radius 2 is 1.49 bits per heavy atom. The molecule has 1 amide bonds. The van der Waals surface area contributed by atoms with Gasteiger partial charge in [-0.1, -0.05) is 48.5 Å². The van der Waals surface area contributed by atoms with Gasteiger partial charge in [-0.3, -0.25) is 0 Å². The molecule has 208 valence electrons. The summed E-state index contributed by atoms with van der Waals surface area (Å²) in [6, 6.07) is 24.3. The first-order chi connectivity index (χ1) is 19.0. The summed E-state index contributed by atoms with van der Waals surface area (Å²) in [5.74, 6) is 0.999. The van der Waals surface area contributed by atoms with Gasteiger partial charge in [-0.25, -0.2) is 9.59 Å². The molecular formula is C31H37NO7. The summed E-state index contributed by atoms with van der Waals surface area (Å²) in [7, 11) is 0. The molecule has 0 heterocycles. The molecule has 0 aliphatic carbocycles. The fourth-order valence-electron chi connectivity index (χ4n) is 3.86. The predicted molar refractivity (Wildman–Crippen MR) is 149 cm³/mol. The summed E-state index contributed by atoms with van der Waals surface area (Å²) in [5, 5.41) is 9.29. The first-order valence-electron chi connectivity index (χ1n) is 13.2. The molecule has 1 unspecified atom stereocenters. The van der Waals surface area contributed by atoms with Crippen molar-refractivity contribution in [2.75, 3.05) is 32.9 Å². The number of aryl methyl sites for hydroxylation is 1. The van der Waals surface area contributed by atoms with Crippen LogP contribution in [0.5, 0.6) is 17.2 Å². The van der Waals surface area contributed by atoms with E-state index >= 15 is 0 Å². The van der Waals surface area contributed by atoms with Gasteiger partial charge in [-0.15, -0.1) is 0 Å². The van der Waals surface area contributed by atoms with Crippen molar-refractivity contribution in [3.8, 4) is 17.2 Å². The molecule has 3 aromatic carbocycles. The van der Waals surface area contributed by atoms with Crippen LogP contribution in [0, 0.1) is 6.92 Å². The molecule has 0 aliphatic rings. The summed E-state index contributed by atoms with van der Waals surface area (Å²) >= 11 is 0. The summed E-state index contributed by atoms with van der Waals surface area (Å²) in [6.45, 7) is 5.68. The number of hydrogen-bond acceptors (Lipinski definition) is 6. The second-order valence-electron chi connectivity index (χ2n) is 8.97. The standard InChI is InChI=1S/C31H37NO7/c1-3-36-29(30(33)34)23-25-15-17-27(18-16-25)38-22-20-32(31(35)39-28-14-8-7-11-24(28)2)19-9-10-21-37-26-12-5-4-6-13-26/h4-8,11-18,29H,3,9-10,19-23H2,1-2H3,(H,33,34). The molecule has 0 fully saturated rings. The van der Waals surface area contributed by atoms with Gasteiger partial charge in [-0.05, 0) is 68.1 Å². The maximum absolute atomic E-state index is 13.0. The van der Waals surface area contributed by atoms with Crippen LogP contribution >= 0.6 is 0 Å². The van der Waals surface area contributed by atoms with Gasteiger partial charge in [0.05, 0.1) is 13.2 Å². The molecular weight excluding hydrogens is 498 g/mol. The Kier molecular flexibility index (Phi) is 12.1. The van der Waals surface area contributed by atoms with Crippen molar-refractivity contribution in [3.05, 3.63) is 90.0 Å². The van der Waals surface area contributed by atoms with Crippen LogP contribution in [0.4, 0.5) is 4.79 Å². The fourth-order valence-corrected chi connectivity index (χ4v) is 3.86. The molecule has 8 heteroatoms. The smallest absolute Gasteiger partial charge is 0.415 e. The zero-order valence-corrected chi connectivity index (χ0v) is 22.6. The third-order valence-corrected chi connectivity index (χ3v) is 6.00. The Bertz CT molecular complexity index is 1150. The van der Waals surface area contributed by atoms with E-state index in [2.05, 4.69) is 0 Å². The van der Waals surface area contributed by atoms with E-state index in [4.69, 9.17) is 18.9 Å². The number of unbranched alkanes of at least 4 members (excludes halogenated alkanes) is 1. The Hall–Kier alpha value is -4.04. The quantitative estimate of drug-likeness (QED) is 0.233. The molecule has 0 spiro atoms. The number of carboxylic acids is 1. The van der Waals surface area contributed by atoms with E-state index in [0.717, 1.165) is 29.7 Å². The van der Waals surface area contributed by atoms with Gasteiger partial charge in [0.15, 0.2) is 6.10 Å². The third kappa shape index (κ3) is 10.3. The lowest BCUT2D eigenvalue weighted by Crippen LogP contribution is -2.37. The highest BCUT2D eigenvalue weighted by atomic mass is 16.6. The first kappa shape index (κ1) is 29.5. The van der Waals surface area contributed by atoms with Gasteiger partial charge in [-0.2, -0.15) is 0 Å². The molecule has 0 bridgehead atoms. The number of carbonyl (C=O) groups is 2. The number of aliphatic carboxylic acids is 1. The van der Waals surface area contributed by atoms with E-state index in [-0.39, 0.29) is 13.0 Å². The lowest BCUT2D eigenvalue weighted by atomic mass is 10.1. The number of carbonyl (C=O) groups excluding carboxylic acids is 1. The molecule has 8 nitrogen and oxygen atoms in total. The normalized spacial score (nSPS) is 11.4. The average Bonchev–Trinajstić information content (AvgIpc) is 2.94. The molecule has 1 N–H and O–H groups in total. The zero-order chi connectivity index (χ0) is 27.9. The van der Waals surface area contributed by atoms with Crippen LogP contribution in [-0.2, 0) is 16.0 Å². The maximum atomic E-state index is 13.0. The molecule has 3 aromatic rings. The fraction of sp³-hybridized carbons (Fsp3) is 0.355. The van der Waals surface area contributed by atoms with Gasteiger partial charge in [0.1, 0.15) is 23.9 Å². The average molecular weight is 536 g/mol. The van der Waals surface area contributed by atoms with E-state index < -0.39 is 18.2 Å². The summed E-state index contributed by atoms with van der Waals surface area (Å²) < 4.78 is 22.6. The van der Waals surface area contributed by atoms with Crippen molar-refractivity contribution < 1.29 is 33.6 Å². The zero-order valence-electron chi connectivity index (χ0n) is 22.6. The second-order valence-corrected chi connectivity index (χ2v) is 8.97. The number of hydrogen-bond donors (Lipinski definition) is 1. The number of ether oxygens (including phenoxy) is 4. The van der Waals surface area contributed by atoms with E-state index in [1.54, 1.807) is 30.0 Å². The molecule has 0 radical (unpaired) electrons. The number of rotatable bonds is 16. The van der Waals surface area contributed by atoms with Gasteiger partial charge < -0.3 is 29.0 Å². The van der Waals surface area contributed by atoms with Crippen molar-refractivity contribution in [1.29, 1.82) is 0 Å². The van der Waals surface area contributed by atoms with Crippen LogP contribution in [0.2, 0.25) is 0 Å². The number of benzene rings is 3. The lowest BCUT2D eigenvalue weighted by molar-refractivity contribution is -0.149. The van der Waals surface area contributed by atoms with Gasteiger partial charge in [0.25, 0.3) is 0 Å². The number of nitrogens with zero attached hydrogens (tertiary/aromatic N) is 1. The molecule has 0 saturated carbocycles. The highest BCUT2D eigenvalue weighted by Crippen LogP contribution is 2.18. The van der Waals surface area contributed by atoms with Crippen LogP contribution < -0.4 is 14.2 Å². The summed E-state index contributed by atoms with van der Waals surface area (Å²) in [4.78, 5) is 26.0.